The molecule has 1 fully saturated rings. The van der Waals surface area contributed by atoms with Crippen LogP contribution >= 0.6 is 0 Å². The van der Waals surface area contributed by atoms with Gasteiger partial charge in [0.25, 0.3) is 0 Å². The molecule has 0 amide bonds. The molecule has 2 atom stereocenters. The lowest BCUT2D eigenvalue weighted by Gasteiger charge is -2.24. The normalized spacial score (nSPS) is 33.7. The lowest BCUT2D eigenvalue weighted by molar-refractivity contribution is -0.112. The SMILES string of the molecule is CC[C@H]1CCC[C@H](C=O)C1. The molecule has 1 nitrogen and oxygen atoms in total. The molecule has 1 aliphatic carbocycles. The van der Waals surface area contributed by atoms with Crippen LogP contribution in [0.25, 0.3) is 0 Å². The Balaban J connectivity index is 2.31. The summed E-state index contributed by atoms with van der Waals surface area (Å²) >= 11 is 0. The molecule has 1 heteroatoms. The van der Waals surface area contributed by atoms with Crippen molar-refractivity contribution in [1.82, 2.24) is 0 Å². The Morgan fingerprint density at radius 1 is 1.50 bits per heavy atom. The molecule has 0 spiro atoms. The Morgan fingerprint density at radius 3 is 2.90 bits per heavy atom. The van der Waals surface area contributed by atoms with E-state index >= 15 is 0 Å². The molecule has 0 unspecified atom stereocenters. The second-order valence-corrected chi connectivity index (χ2v) is 3.34. The predicted molar refractivity (Wildman–Crippen MR) is 41.8 cm³/mol. The van der Waals surface area contributed by atoms with Gasteiger partial charge in [-0.25, -0.2) is 0 Å². The molecule has 0 aromatic rings. The van der Waals surface area contributed by atoms with Crippen molar-refractivity contribution in [2.75, 3.05) is 0 Å². The second kappa shape index (κ2) is 3.75. The number of carbonyl (C=O) groups excluding carboxylic acids is 1. The van der Waals surface area contributed by atoms with Crippen molar-refractivity contribution < 1.29 is 4.79 Å². The largest absolute Gasteiger partial charge is 0.303 e. The highest BCUT2D eigenvalue weighted by molar-refractivity contribution is 5.53. The zero-order valence-electron chi connectivity index (χ0n) is 6.68. The monoisotopic (exact) mass is 140 g/mol. The molecular formula is C9H16O. The molecule has 0 heterocycles. The van der Waals surface area contributed by atoms with E-state index in [0.717, 1.165) is 25.0 Å². The lowest BCUT2D eigenvalue weighted by atomic mass is 9.81. The molecule has 1 aliphatic rings. The summed E-state index contributed by atoms with van der Waals surface area (Å²) in [7, 11) is 0. The van der Waals surface area contributed by atoms with Gasteiger partial charge in [0, 0.05) is 5.92 Å². The second-order valence-electron chi connectivity index (χ2n) is 3.34. The van der Waals surface area contributed by atoms with E-state index in [1.807, 2.05) is 0 Å². The first-order valence-corrected chi connectivity index (χ1v) is 4.32. The fourth-order valence-corrected chi connectivity index (χ4v) is 1.83. The first-order valence-electron chi connectivity index (χ1n) is 4.32. The number of hydrogen-bond donors (Lipinski definition) is 0. The van der Waals surface area contributed by atoms with Gasteiger partial charge in [-0.15, -0.1) is 0 Å². The topological polar surface area (TPSA) is 17.1 Å². The van der Waals surface area contributed by atoms with Crippen molar-refractivity contribution in [3.8, 4) is 0 Å². The molecule has 58 valence electrons. The fourth-order valence-electron chi connectivity index (χ4n) is 1.83. The van der Waals surface area contributed by atoms with Crippen molar-refractivity contribution in [2.45, 2.75) is 39.0 Å². The van der Waals surface area contributed by atoms with E-state index in [4.69, 9.17) is 0 Å². The Bertz CT molecular complexity index is 109. The fraction of sp³-hybridized carbons (Fsp3) is 0.889. The molecule has 0 aromatic heterocycles. The number of rotatable bonds is 2. The lowest BCUT2D eigenvalue weighted by Crippen LogP contribution is -2.15. The van der Waals surface area contributed by atoms with Crippen molar-refractivity contribution >= 4 is 6.29 Å². The van der Waals surface area contributed by atoms with Gasteiger partial charge in [0.15, 0.2) is 0 Å². The Morgan fingerprint density at radius 2 is 2.30 bits per heavy atom. The van der Waals surface area contributed by atoms with E-state index in [1.165, 1.54) is 19.3 Å². The molecule has 1 saturated carbocycles. The van der Waals surface area contributed by atoms with Gasteiger partial charge in [-0.3, -0.25) is 0 Å². The third kappa shape index (κ3) is 1.83. The van der Waals surface area contributed by atoms with Gasteiger partial charge in [-0.2, -0.15) is 0 Å². The Labute approximate surface area is 62.8 Å². The van der Waals surface area contributed by atoms with Crippen molar-refractivity contribution in [1.29, 1.82) is 0 Å². The Hall–Kier alpha value is -0.330. The van der Waals surface area contributed by atoms with Crippen LogP contribution in [0.5, 0.6) is 0 Å². The summed E-state index contributed by atoms with van der Waals surface area (Å²) in [5, 5.41) is 0. The summed E-state index contributed by atoms with van der Waals surface area (Å²) in [6, 6.07) is 0. The van der Waals surface area contributed by atoms with E-state index in [-0.39, 0.29) is 0 Å². The van der Waals surface area contributed by atoms with Gasteiger partial charge in [0.2, 0.25) is 0 Å². The molecule has 0 aliphatic heterocycles. The van der Waals surface area contributed by atoms with Gasteiger partial charge in [0.1, 0.15) is 6.29 Å². The summed E-state index contributed by atoms with van der Waals surface area (Å²) in [6.07, 6.45) is 7.30. The van der Waals surface area contributed by atoms with Crippen molar-refractivity contribution in [3.63, 3.8) is 0 Å². The van der Waals surface area contributed by atoms with Crippen LogP contribution in [-0.4, -0.2) is 6.29 Å². The maximum absolute atomic E-state index is 10.4. The van der Waals surface area contributed by atoms with Crippen LogP contribution in [0, 0.1) is 11.8 Å². The molecule has 0 aromatic carbocycles. The van der Waals surface area contributed by atoms with Gasteiger partial charge < -0.3 is 4.79 Å². The molecule has 0 N–H and O–H groups in total. The highest BCUT2D eigenvalue weighted by Gasteiger charge is 2.19. The van der Waals surface area contributed by atoms with Crippen molar-refractivity contribution in [3.05, 3.63) is 0 Å². The predicted octanol–water partition coefficient (Wildman–Crippen LogP) is 2.40. The van der Waals surface area contributed by atoms with Crippen LogP contribution in [0.4, 0.5) is 0 Å². The number of aldehydes is 1. The number of hydrogen-bond acceptors (Lipinski definition) is 1. The maximum Gasteiger partial charge on any atom is 0.123 e. The van der Waals surface area contributed by atoms with Crippen LogP contribution < -0.4 is 0 Å². The average Bonchev–Trinajstić information content (AvgIpc) is 2.05. The average molecular weight is 140 g/mol. The van der Waals surface area contributed by atoms with E-state index in [0.29, 0.717) is 5.92 Å². The highest BCUT2D eigenvalue weighted by Crippen LogP contribution is 2.29. The van der Waals surface area contributed by atoms with Gasteiger partial charge >= 0.3 is 0 Å². The van der Waals surface area contributed by atoms with Crippen LogP contribution in [0.1, 0.15) is 39.0 Å². The summed E-state index contributed by atoms with van der Waals surface area (Å²) in [5.41, 5.74) is 0. The molecule has 0 radical (unpaired) electrons. The van der Waals surface area contributed by atoms with Crippen molar-refractivity contribution in [2.24, 2.45) is 11.8 Å². The molecule has 0 bridgehead atoms. The highest BCUT2D eigenvalue weighted by atomic mass is 16.1. The van der Waals surface area contributed by atoms with Gasteiger partial charge in [0.05, 0.1) is 0 Å². The zero-order valence-corrected chi connectivity index (χ0v) is 6.68. The first-order chi connectivity index (χ1) is 4.86. The standard InChI is InChI=1S/C9H16O/c1-2-8-4-3-5-9(6-8)7-10/h7-9H,2-6H2,1H3/t8-,9-/m0/s1. The third-order valence-electron chi connectivity index (χ3n) is 2.59. The van der Waals surface area contributed by atoms with Gasteiger partial charge in [-0.1, -0.05) is 26.2 Å². The Kier molecular flexibility index (Phi) is 2.91. The van der Waals surface area contributed by atoms with Crippen LogP contribution in [0.2, 0.25) is 0 Å². The van der Waals surface area contributed by atoms with Crippen LogP contribution in [0.3, 0.4) is 0 Å². The van der Waals surface area contributed by atoms with E-state index < -0.39 is 0 Å². The van der Waals surface area contributed by atoms with E-state index in [9.17, 15) is 4.79 Å². The summed E-state index contributed by atoms with van der Waals surface area (Å²) < 4.78 is 0. The van der Waals surface area contributed by atoms with Crippen LogP contribution in [0.15, 0.2) is 0 Å². The zero-order chi connectivity index (χ0) is 7.40. The third-order valence-corrected chi connectivity index (χ3v) is 2.59. The molecule has 1 rings (SSSR count). The summed E-state index contributed by atoms with van der Waals surface area (Å²) in [6.45, 7) is 2.22. The number of carbonyl (C=O) groups is 1. The van der Waals surface area contributed by atoms with Crippen LogP contribution in [-0.2, 0) is 4.79 Å². The minimum absolute atomic E-state index is 0.388. The van der Waals surface area contributed by atoms with Gasteiger partial charge in [-0.05, 0) is 18.8 Å². The molecular weight excluding hydrogens is 124 g/mol. The summed E-state index contributed by atoms with van der Waals surface area (Å²) in [4.78, 5) is 10.4. The minimum atomic E-state index is 0.388. The van der Waals surface area contributed by atoms with E-state index in [2.05, 4.69) is 6.92 Å². The smallest absolute Gasteiger partial charge is 0.123 e. The van der Waals surface area contributed by atoms with E-state index in [1.54, 1.807) is 0 Å². The minimum Gasteiger partial charge on any atom is -0.303 e. The summed E-state index contributed by atoms with van der Waals surface area (Å²) in [5.74, 6) is 1.22. The molecule has 10 heavy (non-hydrogen) atoms. The molecule has 0 saturated heterocycles. The quantitative estimate of drug-likeness (QED) is 0.538. The maximum atomic E-state index is 10.4. The first kappa shape index (κ1) is 7.77.